The molecule has 0 bridgehead atoms. The molecular formula is C17H22ClNO2. The highest BCUT2D eigenvalue weighted by Crippen LogP contribution is 2.50. The lowest BCUT2D eigenvalue weighted by Crippen LogP contribution is -2.41. The van der Waals surface area contributed by atoms with Crippen LogP contribution in [-0.4, -0.2) is 35.1 Å². The predicted molar refractivity (Wildman–Crippen MR) is 83.3 cm³/mol. The zero-order valence-corrected chi connectivity index (χ0v) is 13.1. The summed E-state index contributed by atoms with van der Waals surface area (Å²) in [5, 5.41) is 10.4. The molecule has 3 rings (SSSR count). The first kappa shape index (κ1) is 14.9. The van der Waals surface area contributed by atoms with Crippen LogP contribution >= 0.6 is 11.6 Å². The molecule has 114 valence electrons. The van der Waals surface area contributed by atoms with Gasteiger partial charge in [-0.3, -0.25) is 4.79 Å². The Morgan fingerprint density at radius 2 is 2.00 bits per heavy atom. The molecule has 0 radical (unpaired) electrons. The highest BCUT2D eigenvalue weighted by atomic mass is 35.5. The predicted octanol–water partition coefficient (Wildman–Crippen LogP) is 3.06. The van der Waals surface area contributed by atoms with Crippen molar-refractivity contribution >= 4 is 17.5 Å². The normalized spacial score (nSPS) is 27.5. The van der Waals surface area contributed by atoms with Gasteiger partial charge in [0.1, 0.15) is 0 Å². The molecule has 3 atom stereocenters. The Bertz CT molecular complexity index is 523. The summed E-state index contributed by atoms with van der Waals surface area (Å²) in [6.45, 7) is 3.40. The summed E-state index contributed by atoms with van der Waals surface area (Å²) in [7, 11) is 0. The van der Waals surface area contributed by atoms with Crippen molar-refractivity contribution in [3.8, 4) is 0 Å². The van der Waals surface area contributed by atoms with E-state index in [4.69, 9.17) is 11.6 Å². The largest absolute Gasteiger partial charge is 0.393 e. The van der Waals surface area contributed by atoms with Crippen LogP contribution in [0.3, 0.4) is 0 Å². The van der Waals surface area contributed by atoms with Gasteiger partial charge in [0.25, 0.3) is 0 Å². The number of rotatable bonds is 3. The van der Waals surface area contributed by atoms with E-state index >= 15 is 0 Å². The van der Waals surface area contributed by atoms with Crippen LogP contribution in [0.1, 0.15) is 37.7 Å². The number of likely N-dealkylation sites (tertiary alicyclic amines) is 1. The third-order valence-corrected chi connectivity index (χ3v) is 5.29. The molecule has 0 aromatic heterocycles. The Kier molecular flexibility index (Phi) is 4.23. The molecule has 1 N–H and O–H groups in total. The fraction of sp³-hybridized carbons (Fsp3) is 0.588. The lowest BCUT2D eigenvalue weighted by atomic mass is 9.92. The van der Waals surface area contributed by atoms with E-state index in [1.807, 2.05) is 36.1 Å². The van der Waals surface area contributed by atoms with E-state index in [2.05, 4.69) is 0 Å². The van der Waals surface area contributed by atoms with Crippen LogP contribution < -0.4 is 0 Å². The minimum atomic E-state index is -0.265. The number of piperidine rings is 1. The fourth-order valence-electron chi connectivity index (χ4n) is 3.42. The Morgan fingerprint density at radius 3 is 2.62 bits per heavy atom. The van der Waals surface area contributed by atoms with Crippen molar-refractivity contribution in [1.29, 1.82) is 0 Å². The van der Waals surface area contributed by atoms with Crippen molar-refractivity contribution in [2.45, 2.75) is 38.2 Å². The zero-order chi connectivity index (χ0) is 15.0. The van der Waals surface area contributed by atoms with Gasteiger partial charge in [0.15, 0.2) is 0 Å². The monoisotopic (exact) mass is 307 g/mol. The molecule has 1 aromatic rings. The number of amides is 1. The molecule has 0 spiro atoms. The Balaban J connectivity index is 1.58. The molecular weight excluding hydrogens is 286 g/mol. The van der Waals surface area contributed by atoms with Gasteiger partial charge >= 0.3 is 0 Å². The second kappa shape index (κ2) is 5.98. The van der Waals surface area contributed by atoms with Crippen LogP contribution in [0, 0.1) is 11.8 Å². The van der Waals surface area contributed by atoms with E-state index in [1.54, 1.807) is 0 Å². The molecule has 1 saturated carbocycles. The molecule has 21 heavy (non-hydrogen) atoms. The molecule has 1 aromatic carbocycles. The van der Waals surface area contributed by atoms with Crippen LogP contribution in [0.15, 0.2) is 24.3 Å². The summed E-state index contributed by atoms with van der Waals surface area (Å²) in [6.07, 6.45) is 2.47. The molecule has 1 aliphatic carbocycles. The van der Waals surface area contributed by atoms with Gasteiger partial charge in [0.05, 0.1) is 6.10 Å². The van der Waals surface area contributed by atoms with Gasteiger partial charge < -0.3 is 10.0 Å². The van der Waals surface area contributed by atoms with E-state index in [1.165, 1.54) is 0 Å². The van der Waals surface area contributed by atoms with Gasteiger partial charge in [-0.2, -0.15) is 0 Å². The third-order valence-electron chi connectivity index (χ3n) is 4.95. The highest BCUT2D eigenvalue weighted by Gasteiger charge is 2.46. The number of carbonyl (C=O) groups is 1. The molecule has 3 nitrogen and oxygen atoms in total. The first-order chi connectivity index (χ1) is 10.1. The minimum absolute atomic E-state index is 0.105. The molecule has 1 amide bonds. The molecule has 1 saturated heterocycles. The molecule has 3 unspecified atom stereocenters. The number of carbonyl (C=O) groups excluding carboxylic acids is 1. The van der Waals surface area contributed by atoms with E-state index in [0.717, 1.165) is 42.9 Å². The average Bonchev–Trinajstić information content (AvgIpc) is 3.27. The topological polar surface area (TPSA) is 40.5 Å². The number of hydrogen-bond donors (Lipinski definition) is 1. The van der Waals surface area contributed by atoms with E-state index in [9.17, 15) is 9.90 Å². The summed E-state index contributed by atoms with van der Waals surface area (Å²) in [4.78, 5) is 14.5. The van der Waals surface area contributed by atoms with E-state index < -0.39 is 0 Å². The van der Waals surface area contributed by atoms with Crippen LogP contribution in [0.2, 0.25) is 5.02 Å². The number of aliphatic hydroxyl groups is 1. The van der Waals surface area contributed by atoms with Crippen molar-refractivity contribution in [2.75, 3.05) is 13.1 Å². The molecule has 2 aliphatic rings. The smallest absolute Gasteiger partial charge is 0.226 e. The van der Waals surface area contributed by atoms with Crippen molar-refractivity contribution in [3.63, 3.8) is 0 Å². The number of nitrogens with zero attached hydrogens (tertiary/aromatic N) is 1. The lowest BCUT2D eigenvalue weighted by Gasteiger charge is -2.33. The SMILES string of the molecule is CC(O)C1CCN(C(=O)C2CC2c2ccccc2Cl)CC1. The van der Waals surface area contributed by atoms with Crippen molar-refractivity contribution in [1.82, 2.24) is 4.90 Å². The Hall–Kier alpha value is -1.06. The molecule has 1 heterocycles. The summed E-state index contributed by atoms with van der Waals surface area (Å²) in [5.41, 5.74) is 1.11. The minimum Gasteiger partial charge on any atom is -0.393 e. The van der Waals surface area contributed by atoms with Crippen LogP contribution in [0.4, 0.5) is 0 Å². The first-order valence-corrected chi connectivity index (χ1v) is 8.17. The second-order valence-corrected chi connectivity index (χ2v) is 6.78. The summed E-state index contributed by atoms with van der Waals surface area (Å²) in [5.74, 6) is 1.00. The maximum Gasteiger partial charge on any atom is 0.226 e. The van der Waals surface area contributed by atoms with Gasteiger partial charge in [0, 0.05) is 24.0 Å². The van der Waals surface area contributed by atoms with E-state index in [0.29, 0.717) is 11.8 Å². The quantitative estimate of drug-likeness (QED) is 0.932. The highest BCUT2D eigenvalue weighted by molar-refractivity contribution is 6.31. The Labute approximate surface area is 130 Å². The number of hydrogen-bond acceptors (Lipinski definition) is 2. The average molecular weight is 308 g/mol. The van der Waals surface area contributed by atoms with Crippen LogP contribution in [0.25, 0.3) is 0 Å². The van der Waals surface area contributed by atoms with Gasteiger partial charge in [-0.15, -0.1) is 0 Å². The van der Waals surface area contributed by atoms with Gasteiger partial charge in [-0.25, -0.2) is 0 Å². The fourth-order valence-corrected chi connectivity index (χ4v) is 3.70. The summed E-state index contributed by atoms with van der Waals surface area (Å²) >= 11 is 6.22. The van der Waals surface area contributed by atoms with Crippen molar-refractivity contribution in [3.05, 3.63) is 34.9 Å². The van der Waals surface area contributed by atoms with Gasteiger partial charge in [-0.1, -0.05) is 29.8 Å². The van der Waals surface area contributed by atoms with Gasteiger partial charge in [-0.05, 0) is 49.7 Å². The van der Waals surface area contributed by atoms with Crippen LogP contribution in [0.5, 0.6) is 0 Å². The first-order valence-electron chi connectivity index (χ1n) is 7.79. The van der Waals surface area contributed by atoms with Crippen LogP contribution in [-0.2, 0) is 4.79 Å². The molecule has 2 fully saturated rings. The van der Waals surface area contributed by atoms with Crippen molar-refractivity contribution < 1.29 is 9.90 Å². The summed E-state index contributed by atoms with van der Waals surface area (Å²) in [6, 6.07) is 7.83. The zero-order valence-electron chi connectivity index (χ0n) is 12.3. The van der Waals surface area contributed by atoms with E-state index in [-0.39, 0.29) is 17.9 Å². The molecule has 1 aliphatic heterocycles. The number of aliphatic hydroxyl groups excluding tert-OH is 1. The second-order valence-electron chi connectivity index (χ2n) is 6.37. The Morgan fingerprint density at radius 1 is 1.33 bits per heavy atom. The summed E-state index contributed by atoms with van der Waals surface area (Å²) < 4.78 is 0. The number of halogens is 1. The standard InChI is InChI=1S/C17H22ClNO2/c1-11(20)12-6-8-19(9-7-12)17(21)15-10-14(15)13-4-2-3-5-16(13)18/h2-5,11-12,14-15,20H,6-10H2,1H3. The maximum absolute atomic E-state index is 12.6. The number of benzene rings is 1. The third kappa shape index (κ3) is 3.09. The maximum atomic E-state index is 12.6. The lowest BCUT2D eigenvalue weighted by molar-refractivity contribution is -0.134. The van der Waals surface area contributed by atoms with Gasteiger partial charge in [0.2, 0.25) is 5.91 Å². The molecule has 4 heteroatoms. The van der Waals surface area contributed by atoms with Crippen molar-refractivity contribution in [2.24, 2.45) is 11.8 Å².